The van der Waals surface area contributed by atoms with E-state index in [-0.39, 0.29) is 0 Å². The van der Waals surface area contributed by atoms with Crippen LogP contribution in [0.1, 0.15) is 57.8 Å². The highest BCUT2D eigenvalue weighted by Crippen LogP contribution is 2.53. The molecule has 3 unspecified atom stereocenters. The maximum Gasteiger partial charge on any atom is 0.0359 e. The smallest absolute Gasteiger partial charge is 0.0359 e. The van der Waals surface area contributed by atoms with Crippen LogP contribution in [-0.2, 0) is 0 Å². The number of hydrogen-bond acceptors (Lipinski definition) is 2. The Bertz CT molecular complexity index is 285. The number of hydrogen-bond donors (Lipinski definition) is 1. The maximum atomic E-state index is 6.22. The fourth-order valence-electron chi connectivity index (χ4n) is 5.23. The van der Waals surface area contributed by atoms with Crippen molar-refractivity contribution in [3.63, 3.8) is 0 Å². The topological polar surface area (TPSA) is 29.3 Å². The lowest BCUT2D eigenvalue weighted by atomic mass is 9.78. The molecule has 3 fully saturated rings. The van der Waals surface area contributed by atoms with Gasteiger partial charge in [-0.15, -0.1) is 0 Å². The average Bonchev–Trinajstić information content (AvgIpc) is 3.00. The second-order valence-electron chi connectivity index (χ2n) is 7.27. The minimum Gasteiger partial charge on any atom is -0.329 e. The minimum absolute atomic E-state index is 0.375. The Labute approximate surface area is 112 Å². The Morgan fingerprint density at radius 2 is 1.89 bits per heavy atom. The molecule has 0 aliphatic heterocycles. The predicted octanol–water partition coefficient (Wildman–Crippen LogP) is 3.02. The fraction of sp³-hybridized carbons (Fsp3) is 1.00. The van der Waals surface area contributed by atoms with E-state index in [4.69, 9.17) is 5.73 Å². The first-order chi connectivity index (χ1) is 8.74. The van der Waals surface area contributed by atoms with Crippen molar-refractivity contribution in [2.24, 2.45) is 23.5 Å². The molecule has 3 saturated carbocycles. The molecule has 0 aromatic rings. The van der Waals surface area contributed by atoms with Gasteiger partial charge in [0.05, 0.1) is 0 Å². The summed E-state index contributed by atoms with van der Waals surface area (Å²) in [7, 11) is 2.36. The van der Waals surface area contributed by atoms with E-state index in [2.05, 4.69) is 11.9 Å². The summed E-state index contributed by atoms with van der Waals surface area (Å²) in [6, 6.07) is 0. The average molecular weight is 250 g/mol. The lowest BCUT2D eigenvalue weighted by Gasteiger charge is -2.46. The maximum absolute atomic E-state index is 6.22. The molecule has 3 atom stereocenters. The normalized spacial score (nSPS) is 40.8. The van der Waals surface area contributed by atoms with Gasteiger partial charge in [-0.1, -0.05) is 25.7 Å². The molecule has 2 heteroatoms. The standard InChI is InChI=1S/C16H30N2/c1-18(11-13-5-3-2-4-6-13)16(12-17)10-14-7-8-15(16)9-14/h13-15H,2-12,17H2,1H3. The summed E-state index contributed by atoms with van der Waals surface area (Å²) in [6.07, 6.45) is 13.1. The van der Waals surface area contributed by atoms with E-state index in [0.29, 0.717) is 5.54 Å². The molecule has 3 rings (SSSR count). The van der Waals surface area contributed by atoms with E-state index < -0.39 is 0 Å². The van der Waals surface area contributed by atoms with Crippen LogP contribution in [0.5, 0.6) is 0 Å². The summed E-state index contributed by atoms with van der Waals surface area (Å²) in [4.78, 5) is 2.69. The van der Waals surface area contributed by atoms with E-state index >= 15 is 0 Å². The Morgan fingerprint density at radius 3 is 2.44 bits per heavy atom. The van der Waals surface area contributed by atoms with Gasteiger partial charge in [-0.25, -0.2) is 0 Å². The van der Waals surface area contributed by atoms with Crippen molar-refractivity contribution in [3.05, 3.63) is 0 Å². The van der Waals surface area contributed by atoms with Crippen molar-refractivity contribution in [1.82, 2.24) is 4.90 Å². The zero-order valence-corrected chi connectivity index (χ0v) is 12.0. The lowest BCUT2D eigenvalue weighted by Crippen LogP contribution is -2.56. The van der Waals surface area contributed by atoms with Crippen LogP contribution in [-0.4, -0.2) is 30.6 Å². The third-order valence-electron chi connectivity index (χ3n) is 6.31. The Morgan fingerprint density at radius 1 is 1.11 bits per heavy atom. The zero-order chi connectivity index (χ0) is 12.6. The first kappa shape index (κ1) is 12.9. The van der Waals surface area contributed by atoms with Crippen molar-refractivity contribution in [3.8, 4) is 0 Å². The van der Waals surface area contributed by atoms with Gasteiger partial charge in [0.1, 0.15) is 0 Å². The van der Waals surface area contributed by atoms with Crippen molar-refractivity contribution in [1.29, 1.82) is 0 Å². The van der Waals surface area contributed by atoms with Gasteiger partial charge in [0.2, 0.25) is 0 Å². The third kappa shape index (κ3) is 2.12. The first-order valence-corrected chi connectivity index (χ1v) is 8.16. The zero-order valence-electron chi connectivity index (χ0n) is 12.0. The summed E-state index contributed by atoms with van der Waals surface area (Å²) < 4.78 is 0. The molecule has 0 heterocycles. The SMILES string of the molecule is CN(CC1CCCCC1)C1(CN)CC2CCC1C2. The van der Waals surface area contributed by atoms with Crippen LogP contribution < -0.4 is 5.73 Å². The second-order valence-corrected chi connectivity index (χ2v) is 7.27. The van der Waals surface area contributed by atoms with Crippen LogP contribution in [0, 0.1) is 17.8 Å². The van der Waals surface area contributed by atoms with Crippen molar-refractivity contribution < 1.29 is 0 Å². The van der Waals surface area contributed by atoms with Crippen LogP contribution in [0.15, 0.2) is 0 Å². The summed E-state index contributed by atoms with van der Waals surface area (Å²) in [5, 5.41) is 0. The van der Waals surface area contributed by atoms with E-state index in [0.717, 1.165) is 24.3 Å². The molecule has 0 aromatic heterocycles. The Hall–Kier alpha value is -0.0800. The molecule has 0 radical (unpaired) electrons. The highest BCUT2D eigenvalue weighted by Gasteiger charge is 2.52. The van der Waals surface area contributed by atoms with Gasteiger partial charge in [-0.2, -0.15) is 0 Å². The molecule has 0 aromatic carbocycles. The Balaban J connectivity index is 1.64. The molecule has 3 aliphatic carbocycles. The van der Waals surface area contributed by atoms with Gasteiger partial charge >= 0.3 is 0 Å². The van der Waals surface area contributed by atoms with Gasteiger partial charge < -0.3 is 5.73 Å². The first-order valence-electron chi connectivity index (χ1n) is 8.16. The van der Waals surface area contributed by atoms with Crippen LogP contribution in [0.4, 0.5) is 0 Å². The van der Waals surface area contributed by atoms with Crippen LogP contribution >= 0.6 is 0 Å². The van der Waals surface area contributed by atoms with Crippen LogP contribution in [0.2, 0.25) is 0 Å². The number of nitrogens with zero attached hydrogens (tertiary/aromatic N) is 1. The second kappa shape index (κ2) is 5.13. The molecule has 2 bridgehead atoms. The van der Waals surface area contributed by atoms with Crippen molar-refractivity contribution >= 4 is 0 Å². The van der Waals surface area contributed by atoms with Gasteiger partial charge in [-0.3, -0.25) is 4.90 Å². The molecule has 2 nitrogen and oxygen atoms in total. The van der Waals surface area contributed by atoms with Gasteiger partial charge in [-0.05, 0) is 56.9 Å². The summed E-state index contributed by atoms with van der Waals surface area (Å²) in [5.74, 6) is 2.85. The van der Waals surface area contributed by atoms with Gasteiger partial charge in [0.25, 0.3) is 0 Å². The molecule has 2 N–H and O–H groups in total. The number of likely N-dealkylation sites (N-methyl/N-ethyl adjacent to an activating group) is 1. The van der Waals surface area contributed by atoms with Crippen LogP contribution in [0.3, 0.4) is 0 Å². The summed E-state index contributed by atoms with van der Waals surface area (Å²) in [6.45, 7) is 2.19. The number of rotatable bonds is 4. The lowest BCUT2D eigenvalue weighted by molar-refractivity contribution is 0.0464. The van der Waals surface area contributed by atoms with Gasteiger partial charge in [0.15, 0.2) is 0 Å². The third-order valence-corrected chi connectivity index (χ3v) is 6.31. The number of nitrogens with two attached hydrogens (primary N) is 1. The largest absolute Gasteiger partial charge is 0.329 e. The van der Waals surface area contributed by atoms with E-state index in [1.54, 1.807) is 0 Å². The molecular weight excluding hydrogens is 220 g/mol. The molecule has 0 saturated heterocycles. The minimum atomic E-state index is 0.375. The molecule has 0 spiro atoms. The van der Waals surface area contributed by atoms with Crippen LogP contribution in [0.25, 0.3) is 0 Å². The monoisotopic (exact) mass is 250 g/mol. The summed E-state index contributed by atoms with van der Waals surface area (Å²) in [5.41, 5.74) is 6.60. The predicted molar refractivity (Wildman–Crippen MR) is 76.4 cm³/mol. The summed E-state index contributed by atoms with van der Waals surface area (Å²) >= 11 is 0. The Kier molecular flexibility index (Phi) is 3.68. The van der Waals surface area contributed by atoms with Crippen molar-refractivity contribution in [2.45, 2.75) is 63.3 Å². The van der Waals surface area contributed by atoms with Gasteiger partial charge in [0, 0.05) is 18.6 Å². The number of fused-ring (bicyclic) bond motifs is 2. The molecular formula is C16H30N2. The molecule has 104 valence electrons. The molecule has 3 aliphatic rings. The van der Waals surface area contributed by atoms with E-state index in [1.807, 2.05) is 0 Å². The van der Waals surface area contributed by atoms with E-state index in [1.165, 1.54) is 64.3 Å². The highest BCUT2D eigenvalue weighted by atomic mass is 15.2. The molecule has 18 heavy (non-hydrogen) atoms. The fourth-order valence-corrected chi connectivity index (χ4v) is 5.23. The highest BCUT2D eigenvalue weighted by molar-refractivity contribution is 5.07. The van der Waals surface area contributed by atoms with Crippen molar-refractivity contribution in [2.75, 3.05) is 20.1 Å². The van der Waals surface area contributed by atoms with E-state index in [9.17, 15) is 0 Å². The quantitative estimate of drug-likeness (QED) is 0.831. The molecule has 0 amide bonds.